The van der Waals surface area contributed by atoms with Crippen molar-refractivity contribution in [2.45, 2.75) is 19.3 Å². The van der Waals surface area contributed by atoms with Crippen molar-refractivity contribution >= 4 is 29.1 Å². The Hall–Kier alpha value is -2.33. The second-order valence-corrected chi connectivity index (χ2v) is 7.42. The minimum atomic E-state index is -0.180. The topological polar surface area (TPSA) is 49.4 Å². The average Bonchev–Trinajstić information content (AvgIpc) is 3.35. The summed E-state index contributed by atoms with van der Waals surface area (Å²) in [5.41, 5.74) is 3.35. The molecule has 1 fully saturated rings. The molecule has 2 aromatic rings. The number of hydrogen-bond acceptors (Lipinski definition) is 2. The Kier molecular flexibility index (Phi) is 4.68. The molecule has 0 saturated heterocycles. The van der Waals surface area contributed by atoms with Gasteiger partial charge < -0.3 is 10.2 Å². The zero-order valence-corrected chi connectivity index (χ0v) is 15.2. The fourth-order valence-corrected chi connectivity index (χ4v) is 3.76. The van der Waals surface area contributed by atoms with E-state index in [1.165, 1.54) is 5.56 Å². The number of nitrogens with zero attached hydrogens (tertiary/aromatic N) is 1. The fourth-order valence-electron chi connectivity index (χ4n) is 3.64. The van der Waals surface area contributed by atoms with Crippen LogP contribution < -0.4 is 10.2 Å². The van der Waals surface area contributed by atoms with E-state index < -0.39 is 0 Å². The molecule has 1 aliphatic carbocycles. The molecular formula is C21H21ClN2O2. The summed E-state index contributed by atoms with van der Waals surface area (Å²) >= 11 is 5.87. The molecule has 2 amide bonds. The summed E-state index contributed by atoms with van der Waals surface area (Å²) in [4.78, 5) is 26.9. The van der Waals surface area contributed by atoms with Gasteiger partial charge in [0.2, 0.25) is 11.8 Å². The number of rotatable bonds is 5. The number of nitrogens with one attached hydrogen (secondary N) is 1. The molecule has 2 aromatic carbocycles. The Morgan fingerprint density at radius 2 is 1.85 bits per heavy atom. The number of hydrogen-bond donors (Lipinski definition) is 1. The summed E-state index contributed by atoms with van der Waals surface area (Å²) in [5, 5.41) is 3.67. The van der Waals surface area contributed by atoms with Crippen molar-refractivity contribution in [3.05, 3.63) is 64.7 Å². The van der Waals surface area contributed by atoms with Crippen LogP contribution in [0.2, 0.25) is 5.02 Å². The lowest BCUT2D eigenvalue weighted by Gasteiger charge is -2.17. The van der Waals surface area contributed by atoms with Crippen molar-refractivity contribution in [2.24, 2.45) is 11.8 Å². The van der Waals surface area contributed by atoms with Gasteiger partial charge in [-0.05, 0) is 48.6 Å². The quantitative estimate of drug-likeness (QED) is 0.880. The highest BCUT2D eigenvalue weighted by atomic mass is 35.5. The van der Waals surface area contributed by atoms with E-state index in [1.54, 1.807) is 0 Å². The number of anilines is 1. The highest BCUT2D eigenvalue weighted by Gasteiger charge is 2.50. The van der Waals surface area contributed by atoms with Crippen LogP contribution >= 0.6 is 11.6 Å². The van der Waals surface area contributed by atoms with Gasteiger partial charge >= 0.3 is 0 Å². The van der Waals surface area contributed by atoms with Crippen LogP contribution in [0, 0.1) is 11.8 Å². The molecule has 4 nitrogen and oxygen atoms in total. The van der Waals surface area contributed by atoms with Gasteiger partial charge in [-0.25, -0.2) is 0 Å². The molecular weight excluding hydrogens is 348 g/mol. The van der Waals surface area contributed by atoms with Gasteiger partial charge in [0.25, 0.3) is 0 Å². The normalized spacial score (nSPS) is 20.6. The predicted octanol–water partition coefficient (Wildman–Crippen LogP) is 3.22. The zero-order chi connectivity index (χ0) is 18.1. The van der Waals surface area contributed by atoms with E-state index in [0.717, 1.165) is 30.6 Å². The Bertz CT molecular complexity index is 834. The first-order valence-electron chi connectivity index (χ1n) is 9.05. The second kappa shape index (κ2) is 7.12. The van der Waals surface area contributed by atoms with Crippen LogP contribution in [0.1, 0.15) is 17.5 Å². The van der Waals surface area contributed by atoms with Crippen LogP contribution in [0.15, 0.2) is 48.5 Å². The molecule has 2 atom stereocenters. The maximum absolute atomic E-state index is 12.7. The molecule has 1 heterocycles. The van der Waals surface area contributed by atoms with E-state index in [4.69, 9.17) is 11.6 Å². The Morgan fingerprint density at radius 1 is 1.08 bits per heavy atom. The molecule has 0 radical (unpaired) electrons. The molecule has 1 aliphatic heterocycles. The van der Waals surface area contributed by atoms with Crippen molar-refractivity contribution in [2.75, 3.05) is 18.0 Å². The number of carbonyl (C=O) groups excluding carboxylic acids is 2. The van der Waals surface area contributed by atoms with E-state index >= 15 is 0 Å². The largest absolute Gasteiger partial charge is 0.356 e. The summed E-state index contributed by atoms with van der Waals surface area (Å²) < 4.78 is 0. The molecule has 0 aromatic heterocycles. The molecule has 0 spiro atoms. The number of halogens is 1. The van der Waals surface area contributed by atoms with Gasteiger partial charge in [-0.1, -0.05) is 41.9 Å². The number of para-hydroxylation sites is 1. The van der Waals surface area contributed by atoms with Crippen LogP contribution in [0.4, 0.5) is 5.69 Å². The van der Waals surface area contributed by atoms with E-state index in [1.807, 2.05) is 47.4 Å². The molecule has 4 rings (SSSR count). The van der Waals surface area contributed by atoms with Gasteiger partial charge in [0.15, 0.2) is 0 Å². The van der Waals surface area contributed by atoms with Crippen LogP contribution in [0.5, 0.6) is 0 Å². The van der Waals surface area contributed by atoms with Crippen LogP contribution in [0.25, 0.3) is 0 Å². The van der Waals surface area contributed by atoms with Gasteiger partial charge in [0.1, 0.15) is 0 Å². The third kappa shape index (κ3) is 3.47. The Balaban J connectivity index is 1.27. The van der Waals surface area contributed by atoms with Crippen LogP contribution in [-0.2, 0) is 22.4 Å². The molecule has 2 aliphatic rings. The van der Waals surface area contributed by atoms with E-state index in [2.05, 4.69) is 11.4 Å². The summed E-state index contributed by atoms with van der Waals surface area (Å²) in [5.74, 6) is -0.269. The second-order valence-electron chi connectivity index (χ2n) is 6.98. The van der Waals surface area contributed by atoms with Gasteiger partial charge in [-0.15, -0.1) is 0 Å². The molecule has 134 valence electrons. The van der Waals surface area contributed by atoms with Crippen molar-refractivity contribution in [3.8, 4) is 0 Å². The van der Waals surface area contributed by atoms with Gasteiger partial charge in [-0.2, -0.15) is 0 Å². The lowest BCUT2D eigenvalue weighted by Crippen LogP contribution is -2.33. The number of benzene rings is 2. The van der Waals surface area contributed by atoms with Gasteiger partial charge in [0.05, 0.1) is 11.8 Å². The lowest BCUT2D eigenvalue weighted by molar-refractivity contribution is -0.126. The summed E-state index contributed by atoms with van der Waals surface area (Å²) in [7, 11) is 0. The maximum atomic E-state index is 12.7. The van der Waals surface area contributed by atoms with E-state index in [-0.39, 0.29) is 23.7 Å². The molecule has 1 N–H and O–H groups in total. The lowest BCUT2D eigenvalue weighted by atomic mass is 10.1. The minimum absolute atomic E-state index is 0.00945. The van der Waals surface area contributed by atoms with E-state index in [9.17, 15) is 9.59 Å². The SMILES string of the molecule is O=C(NCCc1ccc(Cl)cc1)C1CC1C(=O)N1CCc2ccccc21. The predicted molar refractivity (Wildman–Crippen MR) is 102 cm³/mol. The van der Waals surface area contributed by atoms with Crippen LogP contribution in [-0.4, -0.2) is 24.9 Å². The first-order chi connectivity index (χ1) is 12.6. The highest BCUT2D eigenvalue weighted by molar-refractivity contribution is 6.30. The third-order valence-electron chi connectivity index (χ3n) is 5.22. The van der Waals surface area contributed by atoms with Gasteiger partial charge in [0, 0.05) is 23.8 Å². The first-order valence-corrected chi connectivity index (χ1v) is 9.43. The Labute approximate surface area is 158 Å². The number of amides is 2. The summed E-state index contributed by atoms with van der Waals surface area (Å²) in [6.07, 6.45) is 2.31. The molecule has 26 heavy (non-hydrogen) atoms. The molecule has 0 bridgehead atoms. The molecule has 5 heteroatoms. The number of fused-ring (bicyclic) bond motifs is 1. The van der Waals surface area contributed by atoms with Crippen molar-refractivity contribution in [1.29, 1.82) is 0 Å². The standard InChI is InChI=1S/C21H21ClN2O2/c22-16-7-5-14(6-8-16)9-11-23-20(25)17-13-18(17)21(26)24-12-10-15-3-1-2-4-19(15)24/h1-8,17-18H,9-13H2,(H,23,25). The number of carbonyl (C=O) groups is 2. The summed E-state index contributed by atoms with van der Waals surface area (Å²) in [6.45, 7) is 1.30. The third-order valence-corrected chi connectivity index (χ3v) is 5.48. The Morgan fingerprint density at radius 3 is 2.65 bits per heavy atom. The van der Waals surface area contributed by atoms with Gasteiger partial charge in [-0.3, -0.25) is 9.59 Å². The molecule has 1 saturated carbocycles. The maximum Gasteiger partial charge on any atom is 0.230 e. The smallest absolute Gasteiger partial charge is 0.230 e. The monoisotopic (exact) mass is 368 g/mol. The van der Waals surface area contributed by atoms with Crippen molar-refractivity contribution in [3.63, 3.8) is 0 Å². The fraction of sp³-hybridized carbons (Fsp3) is 0.333. The highest BCUT2D eigenvalue weighted by Crippen LogP contribution is 2.42. The van der Waals surface area contributed by atoms with Crippen LogP contribution in [0.3, 0.4) is 0 Å². The first kappa shape index (κ1) is 17.1. The van der Waals surface area contributed by atoms with E-state index in [0.29, 0.717) is 18.0 Å². The summed E-state index contributed by atoms with van der Waals surface area (Å²) in [6, 6.07) is 15.6. The molecule has 2 unspecified atom stereocenters. The van der Waals surface area contributed by atoms with Crippen molar-refractivity contribution < 1.29 is 9.59 Å². The minimum Gasteiger partial charge on any atom is -0.356 e. The van der Waals surface area contributed by atoms with Crippen molar-refractivity contribution in [1.82, 2.24) is 5.32 Å². The zero-order valence-electron chi connectivity index (χ0n) is 14.5. The average molecular weight is 369 g/mol.